The van der Waals surface area contributed by atoms with E-state index in [-0.39, 0.29) is 6.03 Å². The van der Waals surface area contributed by atoms with Crippen molar-refractivity contribution in [3.05, 3.63) is 29.8 Å². The number of nitrogens with zero attached hydrogens (tertiary/aromatic N) is 1. The van der Waals surface area contributed by atoms with Gasteiger partial charge in [0.25, 0.3) is 0 Å². The first kappa shape index (κ1) is 11.9. The van der Waals surface area contributed by atoms with Gasteiger partial charge in [0.05, 0.1) is 0 Å². The molecule has 1 aliphatic rings. The van der Waals surface area contributed by atoms with Gasteiger partial charge in [-0.1, -0.05) is 26.0 Å². The molecular formula is C13H19N3O. The minimum absolute atomic E-state index is 0.000955. The number of rotatable bonds is 4. The average Bonchev–Trinajstić information content (AvgIpc) is 2.73. The normalized spacial score (nSPS) is 15.5. The molecule has 1 aliphatic heterocycles. The van der Waals surface area contributed by atoms with Crippen LogP contribution >= 0.6 is 0 Å². The molecule has 2 amide bonds. The van der Waals surface area contributed by atoms with Crippen molar-refractivity contribution in [2.45, 2.75) is 26.4 Å². The summed E-state index contributed by atoms with van der Waals surface area (Å²) in [6.45, 7) is 6.56. The molecule has 0 unspecified atom stereocenters. The fourth-order valence-electron chi connectivity index (χ4n) is 1.87. The molecule has 2 rings (SSSR count). The lowest BCUT2D eigenvalue weighted by Crippen LogP contribution is -2.28. The Balaban J connectivity index is 2.08. The quantitative estimate of drug-likeness (QED) is 0.831. The van der Waals surface area contributed by atoms with Gasteiger partial charge in [-0.2, -0.15) is 0 Å². The highest BCUT2D eigenvalue weighted by Gasteiger charge is 2.20. The number of carbonyl (C=O) groups is 1. The summed E-state index contributed by atoms with van der Waals surface area (Å²) in [5, 5.41) is 6.18. The number of hydrogen-bond acceptors (Lipinski definition) is 2. The molecule has 92 valence electrons. The summed E-state index contributed by atoms with van der Waals surface area (Å²) in [6, 6.07) is 8.59. The van der Waals surface area contributed by atoms with Gasteiger partial charge >= 0.3 is 6.03 Å². The molecule has 0 spiro atoms. The number of nitrogens with one attached hydrogen (secondary N) is 2. The molecule has 0 radical (unpaired) electrons. The topological polar surface area (TPSA) is 44.4 Å². The minimum Gasteiger partial charge on any atom is -0.336 e. The first-order valence-corrected chi connectivity index (χ1v) is 6.04. The Morgan fingerprint density at radius 1 is 1.47 bits per heavy atom. The third kappa shape index (κ3) is 2.97. The lowest BCUT2D eigenvalue weighted by atomic mass is 10.2. The van der Waals surface area contributed by atoms with Crippen molar-refractivity contribution in [2.75, 3.05) is 18.0 Å². The first-order valence-electron chi connectivity index (χ1n) is 6.04. The van der Waals surface area contributed by atoms with E-state index in [0.717, 1.165) is 25.3 Å². The van der Waals surface area contributed by atoms with Crippen molar-refractivity contribution in [3.63, 3.8) is 0 Å². The molecule has 1 saturated heterocycles. The summed E-state index contributed by atoms with van der Waals surface area (Å²) in [7, 11) is 0. The van der Waals surface area contributed by atoms with Crippen molar-refractivity contribution in [2.24, 2.45) is 0 Å². The zero-order valence-corrected chi connectivity index (χ0v) is 10.4. The number of urea groups is 1. The zero-order valence-electron chi connectivity index (χ0n) is 10.4. The molecule has 2 N–H and O–H groups in total. The largest absolute Gasteiger partial charge is 0.336 e. The van der Waals surface area contributed by atoms with Gasteiger partial charge in [-0.3, -0.25) is 4.90 Å². The third-order valence-electron chi connectivity index (χ3n) is 2.79. The number of amides is 2. The molecule has 0 bridgehead atoms. The van der Waals surface area contributed by atoms with E-state index in [4.69, 9.17) is 0 Å². The lowest BCUT2D eigenvalue weighted by molar-refractivity contribution is 0.252. The van der Waals surface area contributed by atoms with Gasteiger partial charge in [0, 0.05) is 31.4 Å². The van der Waals surface area contributed by atoms with Crippen molar-refractivity contribution in [1.82, 2.24) is 10.6 Å². The van der Waals surface area contributed by atoms with E-state index >= 15 is 0 Å². The summed E-state index contributed by atoms with van der Waals surface area (Å²) >= 11 is 0. The molecule has 1 aromatic rings. The Labute approximate surface area is 102 Å². The van der Waals surface area contributed by atoms with E-state index in [1.54, 1.807) is 4.90 Å². The minimum atomic E-state index is -0.000955. The van der Waals surface area contributed by atoms with Crippen LogP contribution in [0.4, 0.5) is 10.5 Å². The molecule has 0 atom stereocenters. The van der Waals surface area contributed by atoms with Crippen molar-refractivity contribution >= 4 is 11.7 Å². The molecule has 0 aromatic heterocycles. The van der Waals surface area contributed by atoms with Crippen LogP contribution in [0.2, 0.25) is 0 Å². The van der Waals surface area contributed by atoms with E-state index in [2.05, 4.69) is 36.6 Å². The lowest BCUT2D eigenvalue weighted by Gasteiger charge is -2.16. The van der Waals surface area contributed by atoms with Crippen LogP contribution in [0.5, 0.6) is 0 Å². The molecular weight excluding hydrogens is 214 g/mol. The second kappa shape index (κ2) is 5.19. The highest BCUT2D eigenvalue weighted by molar-refractivity contribution is 5.94. The van der Waals surface area contributed by atoms with Gasteiger partial charge in [0.1, 0.15) is 0 Å². The van der Waals surface area contributed by atoms with E-state index in [1.807, 2.05) is 12.1 Å². The third-order valence-corrected chi connectivity index (χ3v) is 2.79. The van der Waals surface area contributed by atoms with E-state index in [9.17, 15) is 4.79 Å². The van der Waals surface area contributed by atoms with Crippen LogP contribution in [0.25, 0.3) is 0 Å². The summed E-state index contributed by atoms with van der Waals surface area (Å²) in [5.41, 5.74) is 2.18. The maximum atomic E-state index is 11.6. The predicted molar refractivity (Wildman–Crippen MR) is 69.2 cm³/mol. The second-order valence-electron chi connectivity index (χ2n) is 4.59. The smallest absolute Gasteiger partial charge is 0.321 e. The number of anilines is 1. The summed E-state index contributed by atoms with van der Waals surface area (Å²) in [4.78, 5) is 13.3. The van der Waals surface area contributed by atoms with Gasteiger partial charge < -0.3 is 10.6 Å². The van der Waals surface area contributed by atoms with Crippen molar-refractivity contribution in [1.29, 1.82) is 0 Å². The maximum Gasteiger partial charge on any atom is 0.321 e. The monoisotopic (exact) mass is 233 g/mol. The highest BCUT2D eigenvalue weighted by atomic mass is 16.2. The average molecular weight is 233 g/mol. The Morgan fingerprint density at radius 2 is 2.29 bits per heavy atom. The van der Waals surface area contributed by atoms with Crippen molar-refractivity contribution in [3.8, 4) is 0 Å². The molecule has 1 aromatic carbocycles. The van der Waals surface area contributed by atoms with E-state index < -0.39 is 0 Å². The van der Waals surface area contributed by atoms with Crippen LogP contribution < -0.4 is 15.5 Å². The van der Waals surface area contributed by atoms with Crippen LogP contribution in [-0.2, 0) is 6.54 Å². The van der Waals surface area contributed by atoms with Gasteiger partial charge in [-0.25, -0.2) is 4.79 Å². The zero-order chi connectivity index (χ0) is 12.3. The molecule has 0 aliphatic carbocycles. The Bertz CT molecular complexity index is 403. The highest BCUT2D eigenvalue weighted by Crippen LogP contribution is 2.18. The van der Waals surface area contributed by atoms with Gasteiger partial charge in [-0.15, -0.1) is 0 Å². The predicted octanol–water partition coefficient (Wildman–Crippen LogP) is 1.71. The fraction of sp³-hybridized carbons (Fsp3) is 0.462. The molecule has 1 fully saturated rings. The first-order chi connectivity index (χ1) is 8.16. The van der Waals surface area contributed by atoms with Crippen LogP contribution in [-0.4, -0.2) is 25.2 Å². The molecule has 17 heavy (non-hydrogen) atoms. The molecule has 4 heteroatoms. The van der Waals surface area contributed by atoms with Gasteiger partial charge in [-0.05, 0) is 17.7 Å². The maximum absolute atomic E-state index is 11.6. The number of hydrogen-bond donors (Lipinski definition) is 2. The van der Waals surface area contributed by atoms with Gasteiger partial charge in [0.15, 0.2) is 0 Å². The standard InChI is InChI=1S/C13H19N3O/c1-10(2)15-9-11-4-3-5-12(8-11)16-7-6-14-13(16)17/h3-5,8,10,15H,6-7,9H2,1-2H3,(H,14,17). The molecule has 1 heterocycles. The van der Waals surface area contributed by atoms with Crippen LogP contribution in [0, 0.1) is 0 Å². The fourth-order valence-corrected chi connectivity index (χ4v) is 1.87. The van der Waals surface area contributed by atoms with Gasteiger partial charge in [0.2, 0.25) is 0 Å². The van der Waals surface area contributed by atoms with E-state index in [1.165, 1.54) is 5.56 Å². The van der Waals surface area contributed by atoms with Crippen molar-refractivity contribution < 1.29 is 4.79 Å². The Hall–Kier alpha value is -1.55. The number of benzene rings is 1. The Morgan fingerprint density at radius 3 is 2.94 bits per heavy atom. The Kier molecular flexibility index (Phi) is 3.64. The molecule has 0 saturated carbocycles. The number of carbonyl (C=O) groups excluding carboxylic acids is 1. The summed E-state index contributed by atoms with van der Waals surface area (Å²) in [5.74, 6) is 0. The SMILES string of the molecule is CC(C)NCc1cccc(N2CCNC2=O)c1. The molecule has 4 nitrogen and oxygen atoms in total. The van der Waals surface area contributed by atoms with Crippen LogP contribution in [0.15, 0.2) is 24.3 Å². The van der Waals surface area contributed by atoms with Crippen LogP contribution in [0.3, 0.4) is 0 Å². The summed E-state index contributed by atoms with van der Waals surface area (Å²) in [6.07, 6.45) is 0. The summed E-state index contributed by atoms with van der Waals surface area (Å²) < 4.78 is 0. The van der Waals surface area contributed by atoms with Crippen LogP contribution in [0.1, 0.15) is 19.4 Å². The second-order valence-corrected chi connectivity index (χ2v) is 4.59. The van der Waals surface area contributed by atoms with E-state index in [0.29, 0.717) is 6.04 Å².